The monoisotopic (exact) mass is 181 g/mol. The Morgan fingerprint density at radius 2 is 2.31 bits per heavy atom. The Bertz CT molecular complexity index is 173. The third-order valence-electron chi connectivity index (χ3n) is 1.99. The van der Waals surface area contributed by atoms with Crippen molar-refractivity contribution in [2.75, 3.05) is 19.8 Å². The van der Waals surface area contributed by atoms with Gasteiger partial charge in [0.25, 0.3) is 0 Å². The van der Waals surface area contributed by atoms with E-state index < -0.39 is 0 Å². The van der Waals surface area contributed by atoms with Gasteiger partial charge in [-0.1, -0.05) is 12.7 Å². The van der Waals surface area contributed by atoms with Crippen LogP contribution in [0, 0.1) is 0 Å². The van der Waals surface area contributed by atoms with E-state index in [2.05, 4.69) is 18.5 Å². The minimum Gasteiger partial charge on any atom is -0.377 e. The minimum absolute atomic E-state index is 0.674. The summed E-state index contributed by atoms with van der Waals surface area (Å²) in [6, 6.07) is 0.755. The van der Waals surface area contributed by atoms with Crippen molar-refractivity contribution in [3.05, 3.63) is 24.8 Å². The Morgan fingerprint density at radius 3 is 2.92 bits per heavy atom. The number of ether oxygens (including phenoxy) is 1. The molecule has 1 aliphatic rings. The number of hydrogen-bond donors (Lipinski definition) is 1. The van der Waals surface area contributed by atoms with E-state index in [-0.39, 0.29) is 0 Å². The lowest BCUT2D eigenvalue weighted by Crippen LogP contribution is -2.20. The summed E-state index contributed by atoms with van der Waals surface area (Å²) in [5.41, 5.74) is 1.14. The molecular formula is C11H19NO. The Labute approximate surface area is 80.7 Å². The SMILES string of the molecule is C=CCCOCC(=C)CNC1CC1. The van der Waals surface area contributed by atoms with Gasteiger partial charge < -0.3 is 10.1 Å². The van der Waals surface area contributed by atoms with Crippen molar-refractivity contribution in [1.29, 1.82) is 0 Å². The molecule has 0 aromatic carbocycles. The Morgan fingerprint density at radius 1 is 1.54 bits per heavy atom. The minimum atomic E-state index is 0.674. The molecule has 1 aliphatic carbocycles. The first kappa shape index (κ1) is 10.5. The third kappa shape index (κ3) is 5.61. The van der Waals surface area contributed by atoms with E-state index in [1.807, 2.05) is 6.08 Å². The highest BCUT2D eigenvalue weighted by molar-refractivity contribution is 4.99. The van der Waals surface area contributed by atoms with Crippen LogP contribution in [-0.4, -0.2) is 25.8 Å². The van der Waals surface area contributed by atoms with Crippen molar-refractivity contribution in [3.8, 4) is 0 Å². The zero-order chi connectivity index (χ0) is 9.52. The normalized spacial score (nSPS) is 15.7. The number of rotatable bonds is 8. The van der Waals surface area contributed by atoms with Crippen molar-refractivity contribution in [3.63, 3.8) is 0 Å². The largest absolute Gasteiger partial charge is 0.377 e. The fourth-order valence-electron chi connectivity index (χ4n) is 1.01. The summed E-state index contributed by atoms with van der Waals surface area (Å²) in [4.78, 5) is 0. The quantitative estimate of drug-likeness (QED) is 0.456. The molecule has 1 N–H and O–H groups in total. The molecule has 0 unspecified atom stereocenters. The van der Waals surface area contributed by atoms with Gasteiger partial charge in [-0.25, -0.2) is 0 Å². The molecule has 0 aromatic heterocycles. The van der Waals surface area contributed by atoms with Crippen molar-refractivity contribution in [1.82, 2.24) is 5.32 Å². The topological polar surface area (TPSA) is 21.3 Å². The Kier molecular flexibility index (Phi) is 4.79. The van der Waals surface area contributed by atoms with Crippen LogP contribution in [0.3, 0.4) is 0 Å². The molecule has 0 aliphatic heterocycles. The van der Waals surface area contributed by atoms with E-state index in [1.165, 1.54) is 12.8 Å². The molecule has 0 aromatic rings. The van der Waals surface area contributed by atoms with Crippen molar-refractivity contribution in [2.45, 2.75) is 25.3 Å². The lowest BCUT2D eigenvalue weighted by molar-refractivity contribution is 0.160. The van der Waals surface area contributed by atoms with Crippen molar-refractivity contribution in [2.24, 2.45) is 0 Å². The number of nitrogens with one attached hydrogen (secondary N) is 1. The fraction of sp³-hybridized carbons (Fsp3) is 0.636. The van der Waals surface area contributed by atoms with Gasteiger partial charge in [-0.3, -0.25) is 0 Å². The van der Waals surface area contributed by atoms with Crippen LogP contribution in [-0.2, 0) is 4.74 Å². The number of hydrogen-bond acceptors (Lipinski definition) is 2. The van der Waals surface area contributed by atoms with Crippen LogP contribution in [0.4, 0.5) is 0 Å². The van der Waals surface area contributed by atoms with Gasteiger partial charge in [-0.15, -0.1) is 6.58 Å². The van der Waals surface area contributed by atoms with Gasteiger partial charge >= 0.3 is 0 Å². The van der Waals surface area contributed by atoms with Gasteiger partial charge in [0, 0.05) is 12.6 Å². The summed E-state index contributed by atoms with van der Waals surface area (Å²) in [6.07, 6.45) is 5.43. The average Bonchev–Trinajstić information content (AvgIpc) is 2.92. The van der Waals surface area contributed by atoms with Crippen LogP contribution < -0.4 is 5.32 Å². The highest BCUT2D eigenvalue weighted by atomic mass is 16.5. The standard InChI is InChI=1S/C11H19NO/c1-3-4-7-13-9-10(2)8-12-11-5-6-11/h3,11-12H,1-2,4-9H2. The molecule has 74 valence electrons. The molecule has 0 bridgehead atoms. The van der Waals surface area contributed by atoms with E-state index in [0.717, 1.165) is 31.2 Å². The van der Waals surface area contributed by atoms with E-state index in [9.17, 15) is 0 Å². The second-order valence-corrected chi connectivity index (χ2v) is 3.54. The van der Waals surface area contributed by atoms with E-state index in [4.69, 9.17) is 4.74 Å². The van der Waals surface area contributed by atoms with Gasteiger partial charge in [0.2, 0.25) is 0 Å². The fourth-order valence-corrected chi connectivity index (χ4v) is 1.01. The molecule has 0 spiro atoms. The van der Waals surface area contributed by atoms with E-state index >= 15 is 0 Å². The summed E-state index contributed by atoms with van der Waals surface area (Å²) >= 11 is 0. The molecule has 0 heterocycles. The molecule has 1 rings (SSSR count). The summed E-state index contributed by atoms with van der Waals surface area (Å²) in [7, 11) is 0. The molecular weight excluding hydrogens is 162 g/mol. The molecule has 1 saturated carbocycles. The van der Waals surface area contributed by atoms with Crippen molar-refractivity contribution >= 4 is 0 Å². The predicted octanol–water partition coefficient (Wildman–Crippen LogP) is 1.89. The lowest BCUT2D eigenvalue weighted by Gasteiger charge is -2.06. The first-order chi connectivity index (χ1) is 6.33. The summed E-state index contributed by atoms with van der Waals surface area (Å²) in [5.74, 6) is 0. The smallest absolute Gasteiger partial charge is 0.0686 e. The maximum atomic E-state index is 5.38. The maximum absolute atomic E-state index is 5.38. The molecule has 13 heavy (non-hydrogen) atoms. The van der Waals surface area contributed by atoms with Gasteiger partial charge in [0.1, 0.15) is 0 Å². The van der Waals surface area contributed by atoms with E-state index in [0.29, 0.717) is 6.61 Å². The Hall–Kier alpha value is -0.600. The second kappa shape index (κ2) is 5.95. The zero-order valence-corrected chi connectivity index (χ0v) is 8.22. The predicted molar refractivity (Wildman–Crippen MR) is 55.8 cm³/mol. The summed E-state index contributed by atoms with van der Waals surface area (Å²) in [5, 5.41) is 3.40. The van der Waals surface area contributed by atoms with Crippen LogP contribution in [0.25, 0.3) is 0 Å². The Balaban J connectivity index is 1.87. The lowest BCUT2D eigenvalue weighted by atomic mass is 10.3. The summed E-state index contributed by atoms with van der Waals surface area (Å²) < 4.78 is 5.38. The van der Waals surface area contributed by atoms with Crippen LogP contribution in [0.2, 0.25) is 0 Å². The van der Waals surface area contributed by atoms with Gasteiger partial charge in [0.05, 0.1) is 13.2 Å². The first-order valence-corrected chi connectivity index (χ1v) is 4.91. The zero-order valence-electron chi connectivity index (χ0n) is 8.22. The molecule has 2 heteroatoms. The van der Waals surface area contributed by atoms with Gasteiger partial charge in [-0.2, -0.15) is 0 Å². The first-order valence-electron chi connectivity index (χ1n) is 4.91. The van der Waals surface area contributed by atoms with Crippen LogP contribution in [0.1, 0.15) is 19.3 Å². The third-order valence-corrected chi connectivity index (χ3v) is 1.99. The van der Waals surface area contributed by atoms with Crippen LogP contribution >= 0.6 is 0 Å². The molecule has 0 amide bonds. The molecule has 0 radical (unpaired) electrons. The van der Waals surface area contributed by atoms with E-state index in [1.54, 1.807) is 0 Å². The van der Waals surface area contributed by atoms with Gasteiger partial charge in [0.15, 0.2) is 0 Å². The maximum Gasteiger partial charge on any atom is 0.0686 e. The average molecular weight is 181 g/mol. The second-order valence-electron chi connectivity index (χ2n) is 3.54. The highest BCUT2D eigenvalue weighted by Crippen LogP contribution is 2.18. The molecule has 2 nitrogen and oxygen atoms in total. The molecule has 1 fully saturated rings. The highest BCUT2D eigenvalue weighted by Gasteiger charge is 2.19. The van der Waals surface area contributed by atoms with Gasteiger partial charge in [-0.05, 0) is 24.8 Å². The molecule has 0 saturated heterocycles. The molecule has 0 atom stereocenters. The summed E-state index contributed by atoms with van der Waals surface area (Å²) in [6.45, 7) is 9.90. The van der Waals surface area contributed by atoms with Crippen molar-refractivity contribution < 1.29 is 4.74 Å². The van der Waals surface area contributed by atoms with Crippen LogP contribution in [0.15, 0.2) is 24.8 Å². The van der Waals surface area contributed by atoms with Crippen LogP contribution in [0.5, 0.6) is 0 Å².